The van der Waals surface area contributed by atoms with Gasteiger partial charge in [-0.05, 0) is 139 Å². The van der Waals surface area contributed by atoms with Crippen molar-refractivity contribution in [3.63, 3.8) is 0 Å². The standard InChI is InChI=1S/C43H64N3O12P/c1-41(2,3)57-59(51,58-42(4,5)6)56-28-10-12-29-27(25-28)9-11-31-30(29)17-19-43(7)32(31)13-16-35(43)55-21-18-36(47)45-20-22-53-23-24-54-26-37(48)46-33-14-15-34(52-8)38(39(33)49)40(44)50/h10,12,14-15,25,30-32,35,49H,9,11,13,16-24,26H2,1-8H3,(H2,44,50)(H,45,47)(H,46,48)/t30?,31?,32?,35-,43?/m1/s1. The zero-order valence-electron chi connectivity index (χ0n) is 35.9. The van der Waals surface area contributed by atoms with Crippen molar-refractivity contribution in [1.82, 2.24) is 5.32 Å². The number of fused-ring (bicyclic) bond motifs is 5. The van der Waals surface area contributed by atoms with E-state index in [1.807, 2.05) is 53.7 Å². The average Bonchev–Trinajstić information content (AvgIpc) is 3.47. The van der Waals surface area contributed by atoms with E-state index in [-0.39, 0.29) is 67.3 Å². The summed E-state index contributed by atoms with van der Waals surface area (Å²) in [7, 11) is -2.57. The number of hydrogen-bond donors (Lipinski definition) is 4. The maximum Gasteiger partial charge on any atom is 0.531 e. The van der Waals surface area contributed by atoms with Gasteiger partial charge < -0.3 is 44.9 Å². The third kappa shape index (κ3) is 12.2. The molecule has 2 fully saturated rings. The van der Waals surface area contributed by atoms with Crippen molar-refractivity contribution in [2.24, 2.45) is 23.0 Å². The van der Waals surface area contributed by atoms with Crippen LogP contribution in [-0.2, 0) is 43.8 Å². The van der Waals surface area contributed by atoms with Crippen LogP contribution in [0.2, 0.25) is 0 Å². The van der Waals surface area contributed by atoms with Crippen LogP contribution < -0.4 is 25.6 Å². The molecule has 5 N–H and O–H groups in total. The first-order valence-corrected chi connectivity index (χ1v) is 22.1. The smallest absolute Gasteiger partial charge is 0.505 e. The Balaban J connectivity index is 0.990. The highest BCUT2D eigenvalue weighted by molar-refractivity contribution is 7.49. The van der Waals surface area contributed by atoms with E-state index >= 15 is 0 Å². The minimum absolute atomic E-state index is 0.000582. The summed E-state index contributed by atoms with van der Waals surface area (Å²) in [5.74, 6) is 0.0836. The van der Waals surface area contributed by atoms with Gasteiger partial charge in [0.1, 0.15) is 23.7 Å². The van der Waals surface area contributed by atoms with Gasteiger partial charge >= 0.3 is 7.82 Å². The van der Waals surface area contributed by atoms with Gasteiger partial charge in [-0.2, -0.15) is 0 Å². The second-order valence-electron chi connectivity index (χ2n) is 17.9. The molecule has 5 rings (SSSR count). The lowest BCUT2D eigenvalue weighted by Gasteiger charge is -2.50. The topological polar surface area (TPSA) is 203 Å². The van der Waals surface area contributed by atoms with Crippen molar-refractivity contribution in [3.05, 3.63) is 47.0 Å². The predicted octanol–water partition coefficient (Wildman–Crippen LogP) is 7.04. The average molecular weight is 846 g/mol. The molecule has 16 heteroatoms. The quantitative estimate of drug-likeness (QED) is 0.0639. The second-order valence-corrected chi connectivity index (χ2v) is 19.4. The van der Waals surface area contributed by atoms with Crippen LogP contribution in [0, 0.1) is 17.3 Å². The number of phosphoric ester groups is 1. The van der Waals surface area contributed by atoms with Gasteiger partial charge in [0.2, 0.25) is 11.8 Å². The Hall–Kier alpha value is -3.72. The van der Waals surface area contributed by atoms with Crippen molar-refractivity contribution in [3.8, 4) is 17.2 Å². The minimum atomic E-state index is -3.90. The predicted molar refractivity (Wildman–Crippen MR) is 222 cm³/mol. The molecule has 0 saturated heterocycles. The molecule has 0 aromatic heterocycles. The molecule has 2 saturated carbocycles. The van der Waals surface area contributed by atoms with E-state index in [0.29, 0.717) is 36.7 Å². The third-order valence-electron chi connectivity index (χ3n) is 11.3. The fourth-order valence-corrected chi connectivity index (χ4v) is 10.8. The molecular weight excluding hydrogens is 781 g/mol. The molecule has 3 amide bonds. The van der Waals surface area contributed by atoms with E-state index < -0.39 is 36.6 Å². The van der Waals surface area contributed by atoms with Gasteiger partial charge in [-0.3, -0.25) is 23.4 Å². The summed E-state index contributed by atoms with van der Waals surface area (Å²) in [5, 5.41) is 15.7. The number of nitrogens with two attached hydrogens (primary N) is 1. The maximum absolute atomic E-state index is 13.8. The molecule has 15 nitrogen and oxygen atoms in total. The fourth-order valence-electron chi connectivity index (χ4n) is 8.99. The van der Waals surface area contributed by atoms with Gasteiger partial charge in [-0.15, -0.1) is 0 Å². The lowest BCUT2D eigenvalue weighted by molar-refractivity contribution is -0.124. The number of hydrogen-bond acceptors (Lipinski definition) is 12. The maximum atomic E-state index is 13.8. The summed E-state index contributed by atoms with van der Waals surface area (Å²) in [4.78, 5) is 36.5. The van der Waals surface area contributed by atoms with E-state index in [0.717, 1.165) is 38.5 Å². The molecule has 5 atom stereocenters. The Morgan fingerprint density at radius 2 is 1.63 bits per heavy atom. The molecule has 4 unspecified atom stereocenters. The van der Waals surface area contributed by atoms with Crippen LogP contribution in [0.15, 0.2) is 30.3 Å². The van der Waals surface area contributed by atoms with E-state index in [4.69, 9.17) is 38.3 Å². The van der Waals surface area contributed by atoms with Gasteiger partial charge in [0.05, 0.1) is 56.5 Å². The molecule has 0 aliphatic heterocycles. The summed E-state index contributed by atoms with van der Waals surface area (Å²) >= 11 is 0. The van der Waals surface area contributed by atoms with Crippen molar-refractivity contribution in [1.29, 1.82) is 0 Å². The number of primary amides is 1. The van der Waals surface area contributed by atoms with Crippen LogP contribution in [0.4, 0.5) is 5.69 Å². The number of amides is 3. The van der Waals surface area contributed by atoms with Crippen molar-refractivity contribution in [2.45, 2.75) is 117 Å². The number of carbonyl (C=O) groups is 3. The largest absolute Gasteiger partial charge is 0.531 e. The summed E-state index contributed by atoms with van der Waals surface area (Å²) in [6.45, 7) is 14.3. The van der Waals surface area contributed by atoms with Gasteiger partial charge in [-0.25, -0.2) is 4.57 Å². The highest BCUT2D eigenvalue weighted by Gasteiger charge is 2.55. The molecule has 328 valence electrons. The van der Waals surface area contributed by atoms with E-state index in [1.165, 1.54) is 30.4 Å². The van der Waals surface area contributed by atoms with Crippen LogP contribution in [-0.4, -0.2) is 86.8 Å². The van der Waals surface area contributed by atoms with Gasteiger partial charge in [0.25, 0.3) is 5.91 Å². The molecular formula is C43H64N3O12P. The highest BCUT2D eigenvalue weighted by atomic mass is 31.2. The Kier molecular flexibility index (Phi) is 15.2. The Bertz CT molecular complexity index is 1840. The van der Waals surface area contributed by atoms with Crippen LogP contribution in [0.1, 0.15) is 114 Å². The number of methoxy groups -OCH3 is 1. The molecule has 3 aliphatic rings. The Morgan fingerprint density at radius 3 is 2.31 bits per heavy atom. The summed E-state index contributed by atoms with van der Waals surface area (Å²) in [6, 6.07) is 8.87. The Morgan fingerprint density at radius 1 is 0.915 bits per heavy atom. The second kappa shape index (κ2) is 19.3. The third-order valence-corrected chi connectivity index (χ3v) is 13.3. The number of nitrogens with one attached hydrogen (secondary N) is 2. The first-order chi connectivity index (χ1) is 27.7. The fraction of sp³-hybridized carbons (Fsp3) is 0.651. The Labute approximate surface area is 348 Å². The molecule has 2 aromatic carbocycles. The summed E-state index contributed by atoms with van der Waals surface area (Å²) in [5.41, 5.74) is 6.28. The van der Waals surface area contributed by atoms with Crippen LogP contribution in [0.3, 0.4) is 0 Å². The number of aromatic hydroxyl groups is 1. The highest BCUT2D eigenvalue weighted by Crippen LogP contribution is 2.62. The number of anilines is 1. The monoisotopic (exact) mass is 845 g/mol. The number of aryl methyl sites for hydroxylation is 1. The van der Waals surface area contributed by atoms with E-state index in [1.54, 1.807) is 0 Å². The number of benzene rings is 2. The number of carbonyl (C=O) groups excluding carboxylic acids is 3. The summed E-state index contributed by atoms with van der Waals surface area (Å²) in [6.07, 6.45) is 6.58. The number of phosphoric acid groups is 1. The van der Waals surface area contributed by atoms with Gasteiger partial charge in [-0.1, -0.05) is 13.0 Å². The normalized spacial score (nSPS) is 22.8. The van der Waals surface area contributed by atoms with Crippen molar-refractivity contribution in [2.75, 3.05) is 52.0 Å². The van der Waals surface area contributed by atoms with E-state index in [9.17, 15) is 24.1 Å². The number of rotatable bonds is 19. The number of ether oxygens (including phenoxy) is 4. The van der Waals surface area contributed by atoms with Gasteiger partial charge in [0.15, 0.2) is 5.75 Å². The zero-order valence-corrected chi connectivity index (χ0v) is 36.7. The molecule has 0 heterocycles. The van der Waals surface area contributed by atoms with Crippen LogP contribution in [0.25, 0.3) is 0 Å². The first-order valence-electron chi connectivity index (χ1n) is 20.6. The van der Waals surface area contributed by atoms with E-state index in [2.05, 4.69) is 23.6 Å². The van der Waals surface area contributed by atoms with Crippen LogP contribution >= 0.6 is 7.82 Å². The lowest BCUT2D eigenvalue weighted by atomic mass is 9.55. The minimum Gasteiger partial charge on any atom is -0.505 e. The van der Waals surface area contributed by atoms with Gasteiger partial charge in [0, 0.05) is 13.0 Å². The zero-order chi connectivity index (χ0) is 43.2. The first kappa shape index (κ1) is 46.3. The van der Waals surface area contributed by atoms with Crippen molar-refractivity contribution >= 4 is 31.2 Å². The molecule has 59 heavy (non-hydrogen) atoms. The van der Waals surface area contributed by atoms with Crippen molar-refractivity contribution < 1.29 is 56.6 Å². The summed E-state index contributed by atoms with van der Waals surface area (Å²) < 4.78 is 53.8. The SMILES string of the molecule is COc1ccc(NC(=O)COCCOCCNC(=O)CCO[C@@H]2CCC3C4CCc5cc(OP(=O)(OC(C)(C)C)OC(C)(C)C)ccc5C4CCC32C)c(O)c1C(N)=O. The van der Waals surface area contributed by atoms with Crippen LogP contribution in [0.5, 0.6) is 17.2 Å². The molecule has 0 radical (unpaired) electrons. The molecule has 2 aromatic rings. The molecule has 0 bridgehead atoms. The molecule has 3 aliphatic carbocycles. The number of phenols is 1. The molecule has 0 spiro atoms. The lowest BCUT2D eigenvalue weighted by Crippen LogP contribution is -2.45.